The van der Waals surface area contributed by atoms with Crippen molar-refractivity contribution in [3.63, 3.8) is 0 Å². The van der Waals surface area contributed by atoms with E-state index >= 15 is 0 Å². The van der Waals surface area contributed by atoms with E-state index in [1.54, 1.807) is 4.57 Å². The second-order valence-corrected chi connectivity index (χ2v) is 3.81. The van der Waals surface area contributed by atoms with Crippen molar-refractivity contribution in [1.82, 2.24) is 4.57 Å². The lowest BCUT2D eigenvalue weighted by Crippen LogP contribution is -2.11. The van der Waals surface area contributed by atoms with Crippen LogP contribution >= 0.6 is 0 Å². The lowest BCUT2D eigenvalue weighted by Gasteiger charge is -2.00. The number of rotatable bonds is 4. The maximum atomic E-state index is 11.5. The lowest BCUT2D eigenvalue weighted by atomic mass is 10.1. The fourth-order valence-electron chi connectivity index (χ4n) is 1.87. The first-order valence-corrected chi connectivity index (χ1v) is 5.58. The Balaban J connectivity index is 2.43. The van der Waals surface area contributed by atoms with E-state index < -0.39 is 0 Å². The number of hydrogen-bond acceptors (Lipinski definition) is 3. The Morgan fingerprint density at radius 1 is 1.44 bits per heavy atom. The Bertz CT molecular complexity index is 539. The predicted molar refractivity (Wildman–Crippen MR) is 63.5 cm³/mol. The van der Waals surface area contributed by atoms with Crippen molar-refractivity contribution in [2.75, 3.05) is 6.54 Å². The van der Waals surface area contributed by atoms with Crippen LogP contribution in [-0.4, -0.2) is 11.1 Å². The van der Waals surface area contributed by atoms with E-state index in [1.807, 2.05) is 25.1 Å². The Hall–Kier alpha value is -1.55. The highest BCUT2D eigenvalue weighted by molar-refractivity contribution is 5.73. The minimum atomic E-state index is -0.284. The first-order valence-electron chi connectivity index (χ1n) is 5.58. The highest BCUT2D eigenvalue weighted by atomic mass is 16.4. The molecule has 4 nitrogen and oxygen atoms in total. The first-order chi connectivity index (χ1) is 7.76. The van der Waals surface area contributed by atoms with Crippen LogP contribution in [0.2, 0.25) is 0 Å². The number of nitrogens with two attached hydrogens (primary N) is 1. The number of fused-ring (bicyclic) bond motifs is 1. The van der Waals surface area contributed by atoms with Gasteiger partial charge < -0.3 is 10.2 Å². The van der Waals surface area contributed by atoms with Crippen LogP contribution in [0.25, 0.3) is 11.1 Å². The van der Waals surface area contributed by atoms with Gasteiger partial charge in [-0.15, -0.1) is 0 Å². The van der Waals surface area contributed by atoms with Gasteiger partial charge in [-0.05, 0) is 44.0 Å². The summed E-state index contributed by atoms with van der Waals surface area (Å²) < 4.78 is 6.81. The van der Waals surface area contributed by atoms with Crippen molar-refractivity contribution in [3.05, 3.63) is 34.3 Å². The van der Waals surface area contributed by atoms with Gasteiger partial charge >= 0.3 is 5.76 Å². The molecule has 0 saturated heterocycles. The summed E-state index contributed by atoms with van der Waals surface area (Å²) in [6, 6.07) is 5.90. The topological polar surface area (TPSA) is 61.2 Å². The van der Waals surface area contributed by atoms with E-state index in [-0.39, 0.29) is 5.76 Å². The summed E-state index contributed by atoms with van der Waals surface area (Å²) >= 11 is 0. The molecule has 2 rings (SSSR count). The van der Waals surface area contributed by atoms with Crippen molar-refractivity contribution in [1.29, 1.82) is 0 Å². The number of benzene rings is 1. The van der Waals surface area contributed by atoms with E-state index in [2.05, 4.69) is 0 Å². The van der Waals surface area contributed by atoms with Crippen LogP contribution in [0.5, 0.6) is 0 Å². The zero-order chi connectivity index (χ0) is 11.5. The summed E-state index contributed by atoms with van der Waals surface area (Å²) in [4.78, 5) is 11.5. The molecule has 0 unspecified atom stereocenters. The maximum Gasteiger partial charge on any atom is 0.419 e. The maximum absolute atomic E-state index is 11.5. The van der Waals surface area contributed by atoms with E-state index in [4.69, 9.17) is 10.2 Å². The molecule has 0 bridgehead atoms. The molecule has 0 aliphatic carbocycles. The van der Waals surface area contributed by atoms with Crippen molar-refractivity contribution in [3.8, 4) is 0 Å². The second-order valence-electron chi connectivity index (χ2n) is 3.81. The van der Waals surface area contributed by atoms with Crippen LogP contribution in [0.3, 0.4) is 0 Å². The van der Waals surface area contributed by atoms with Gasteiger partial charge in [0.25, 0.3) is 0 Å². The quantitative estimate of drug-likeness (QED) is 0.849. The van der Waals surface area contributed by atoms with Crippen LogP contribution in [0.4, 0.5) is 0 Å². The van der Waals surface area contributed by atoms with Crippen LogP contribution < -0.4 is 11.5 Å². The molecule has 0 fully saturated rings. The predicted octanol–water partition coefficient (Wildman–Crippen LogP) is 1.51. The first kappa shape index (κ1) is 11.0. The van der Waals surface area contributed by atoms with E-state index in [0.29, 0.717) is 18.7 Å². The van der Waals surface area contributed by atoms with Gasteiger partial charge in [-0.1, -0.05) is 6.07 Å². The molecule has 0 atom stereocenters. The zero-order valence-electron chi connectivity index (χ0n) is 9.40. The summed E-state index contributed by atoms with van der Waals surface area (Å²) in [7, 11) is 0. The third-order valence-electron chi connectivity index (χ3n) is 2.72. The third kappa shape index (κ3) is 1.88. The minimum Gasteiger partial charge on any atom is -0.408 e. The average molecular weight is 220 g/mol. The molecule has 4 heteroatoms. The summed E-state index contributed by atoms with van der Waals surface area (Å²) in [5.74, 6) is -0.284. The van der Waals surface area contributed by atoms with Gasteiger partial charge in [0, 0.05) is 6.54 Å². The summed E-state index contributed by atoms with van der Waals surface area (Å²) in [6.07, 6.45) is 1.87. The molecule has 0 radical (unpaired) electrons. The Morgan fingerprint density at radius 3 is 2.94 bits per heavy atom. The molecular formula is C12H16N2O2. The van der Waals surface area contributed by atoms with Gasteiger partial charge in [-0.25, -0.2) is 4.79 Å². The third-order valence-corrected chi connectivity index (χ3v) is 2.72. The largest absolute Gasteiger partial charge is 0.419 e. The molecule has 0 amide bonds. The van der Waals surface area contributed by atoms with Gasteiger partial charge in [0.15, 0.2) is 5.58 Å². The van der Waals surface area contributed by atoms with Crippen molar-refractivity contribution >= 4 is 11.1 Å². The molecule has 1 heterocycles. The molecule has 86 valence electrons. The zero-order valence-corrected chi connectivity index (χ0v) is 9.40. The number of oxazole rings is 1. The Labute approximate surface area is 93.7 Å². The minimum absolute atomic E-state index is 0.284. The van der Waals surface area contributed by atoms with Crippen molar-refractivity contribution in [2.24, 2.45) is 5.73 Å². The van der Waals surface area contributed by atoms with E-state index in [9.17, 15) is 4.79 Å². The van der Waals surface area contributed by atoms with Gasteiger partial charge in [0.1, 0.15) is 0 Å². The monoisotopic (exact) mass is 220 g/mol. The molecule has 0 aliphatic heterocycles. The summed E-state index contributed by atoms with van der Waals surface area (Å²) in [5, 5.41) is 0. The summed E-state index contributed by atoms with van der Waals surface area (Å²) in [6.45, 7) is 3.24. The molecule has 0 saturated carbocycles. The van der Waals surface area contributed by atoms with E-state index in [1.165, 1.54) is 0 Å². The lowest BCUT2D eigenvalue weighted by molar-refractivity contribution is 0.513. The highest BCUT2D eigenvalue weighted by Gasteiger charge is 2.07. The fourth-order valence-corrected chi connectivity index (χ4v) is 1.87. The van der Waals surface area contributed by atoms with Gasteiger partial charge in [-0.3, -0.25) is 4.57 Å². The standard InChI is InChI=1S/C12H16N2O2/c1-2-14-10-6-5-9(4-3-7-13)8-11(10)16-12(14)15/h5-6,8H,2-4,7,13H2,1H3. The van der Waals surface area contributed by atoms with Crippen LogP contribution in [0.1, 0.15) is 18.9 Å². The number of hydrogen-bond donors (Lipinski definition) is 1. The highest BCUT2D eigenvalue weighted by Crippen LogP contribution is 2.15. The Kier molecular flexibility index (Phi) is 3.10. The normalized spacial score (nSPS) is 11.1. The van der Waals surface area contributed by atoms with Gasteiger partial charge in [0.05, 0.1) is 5.52 Å². The van der Waals surface area contributed by atoms with Crippen molar-refractivity contribution in [2.45, 2.75) is 26.3 Å². The number of aryl methyl sites for hydroxylation is 2. The molecule has 2 N–H and O–H groups in total. The van der Waals surface area contributed by atoms with Crippen LogP contribution in [0.15, 0.2) is 27.4 Å². The van der Waals surface area contributed by atoms with Gasteiger partial charge in [-0.2, -0.15) is 0 Å². The summed E-state index contributed by atoms with van der Waals surface area (Å²) in [5.41, 5.74) is 8.16. The molecule has 2 aromatic rings. The molecular weight excluding hydrogens is 204 g/mol. The molecule has 1 aromatic carbocycles. The van der Waals surface area contributed by atoms with Gasteiger partial charge in [0.2, 0.25) is 0 Å². The number of nitrogens with zero attached hydrogens (tertiary/aromatic N) is 1. The van der Waals surface area contributed by atoms with Crippen LogP contribution in [0, 0.1) is 0 Å². The number of aromatic nitrogens is 1. The Morgan fingerprint density at radius 2 is 2.25 bits per heavy atom. The second kappa shape index (κ2) is 4.53. The van der Waals surface area contributed by atoms with E-state index in [0.717, 1.165) is 23.9 Å². The molecule has 16 heavy (non-hydrogen) atoms. The van der Waals surface area contributed by atoms with Crippen LogP contribution in [-0.2, 0) is 13.0 Å². The molecule has 0 aliphatic rings. The smallest absolute Gasteiger partial charge is 0.408 e. The molecule has 0 spiro atoms. The molecule has 1 aromatic heterocycles. The SMILES string of the molecule is CCn1c(=O)oc2cc(CCCN)ccc21. The van der Waals surface area contributed by atoms with Crippen molar-refractivity contribution < 1.29 is 4.42 Å². The fraction of sp³-hybridized carbons (Fsp3) is 0.417. The average Bonchev–Trinajstić information content (AvgIpc) is 2.60.